The van der Waals surface area contributed by atoms with Gasteiger partial charge in [0.15, 0.2) is 5.69 Å². The summed E-state index contributed by atoms with van der Waals surface area (Å²) >= 11 is 5.40. The second kappa shape index (κ2) is 5.95. The molecule has 0 radical (unpaired) electrons. The molecule has 0 saturated carbocycles. The van der Waals surface area contributed by atoms with Crippen molar-refractivity contribution in [2.45, 2.75) is 6.18 Å². The third kappa shape index (κ3) is 3.40. The Balaban J connectivity index is 3.76. The molecule has 0 bridgehead atoms. The summed E-state index contributed by atoms with van der Waals surface area (Å²) in [4.78, 5) is 19.4. The number of nitro groups is 2. The summed E-state index contributed by atoms with van der Waals surface area (Å²) < 4.78 is 38.3. The number of nitrogens with zero attached hydrogens (tertiary/aromatic N) is 2. The van der Waals surface area contributed by atoms with Crippen molar-refractivity contribution in [1.29, 1.82) is 0 Å². The standard InChI is InChI=1S/C10H7ClF3N3O4/c1-2-3-15-8-6(16(18)19)4-5(10(12,13)14)7(11)9(8)17(20)21/h2,4,15H,1,3H2. The molecule has 0 atom stereocenters. The molecule has 1 aromatic rings. The van der Waals surface area contributed by atoms with Crippen LogP contribution in [0.5, 0.6) is 0 Å². The van der Waals surface area contributed by atoms with Crippen LogP contribution in [-0.4, -0.2) is 16.4 Å². The molecule has 21 heavy (non-hydrogen) atoms. The van der Waals surface area contributed by atoms with E-state index in [2.05, 4.69) is 11.9 Å². The first kappa shape index (κ1) is 16.7. The summed E-state index contributed by atoms with van der Waals surface area (Å²) in [5, 5.41) is 22.8. The van der Waals surface area contributed by atoms with Crippen molar-refractivity contribution in [3.63, 3.8) is 0 Å². The molecule has 114 valence electrons. The number of anilines is 1. The highest BCUT2D eigenvalue weighted by Gasteiger charge is 2.41. The number of halogens is 4. The molecule has 1 rings (SSSR count). The van der Waals surface area contributed by atoms with Gasteiger partial charge in [-0.3, -0.25) is 20.2 Å². The average molecular weight is 326 g/mol. The van der Waals surface area contributed by atoms with Crippen LogP contribution in [0.3, 0.4) is 0 Å². The van der Waals surface area contributed by atoms with Gasteiger partial charge in [0.05, 0.1) is 15.4 Å². The molecular weight excluding hydrogens is 319 g/mol. The first-order valence-corrected chi connectivity index (χ1v) is 5.56. The van der Waals surface area contributed by atoms with Crippen LogP contribution in [-0.2, 0) is 6.18 Å². The summed E-state index contributed by atoms with van der Waals surface area (Å²) in [6, 6.07) is 0.154. The third-order valence-electron chi connectivity index (χ3n) is 2.33. The van der Waals surface area contributed by atoms with Gasteiger partial charge >= 0.3 is 11.9 Å². The van der Waals surface area contributed by atoms with Crippen molar-refractivity contribution < 1.29 is 23.0 Å². The number of alkyl halides is 3. The molecule has 1 N–H and O–H groups in total. The predicted molar refractivity (Wildman–Crippen MR) is 68.4 cm³/mol. The van der Waals surface area contributed by atoms with Crippen molar-refractivity contribution >= 4 is 28.7 Å². The Labute approximate surface area is 120 Å². The fraction of sp³-hybridized carbons (Fsp3) is 0.200. The smallest absolute Gasteiger partial charge is 0.370 e. The molecule has 11 heteroatoms. The first-order chi connectivity index (χ1) is 9.61. The molecule has 0 amide bonds. The molecule has 0 unspecified atom stereocenters. The van der Waals surface area contributed by atoms with Crippen molar-refractivity contribution in [3.05, 3.63) is 49.5 Å². The number of hydrogen-bond acceptors (Lipinski definition) is 5. The molecule has 0 aromatic heterocycles. The van der Waals surface area contributed by atoms with Gasteiger partial charge < -0.3 is 5.32 Å². The molecule has 0 heterocycles. The number of nitrogens with one attached hydrogen (secondary N) is 1. The van der Waals surface area contributed by atoms with E-state index >= 15 is 0 Å². The van der Waals surface area contributed by atoms with Gasteiger partial charge in [-0.1, -0.05) is 17.7 Å². The lowest BCUT2D eigenvalue weighted by Crippen LogP contribution is -2.12. The summed E-state index contributed by atoms with van der Waals surface area (Å²) in [5.74, 6) is 0. The minimum atomic E-state index is -5.07. The molecule has 0 aliphatic carbocycles. The quantitative estimate of drug-likeness (QED) is 0.504. The van der Waals surface area contributed by atoms with Crippen molar-refractivity contribution in [2.75, 3.05) is 11.9 Å². The third-order valence-corrected chi connectivity index (χ3v) is 2.71. The van der Waals surface area contributed by atoms with E-state index in [4.69, 9.17) is 11.6 Å². The van der Waals surface area contributed by atoms with Crippen molar-refractivity contribution in [3.8, 4) is 0 Å². The fourth-order valence-electron chi connectivity index (χ4n) is 1.50. The SMILES string of the molecule is C=CCNc1c([N+](=O)[O-])cc(C(F)(F)F)c(Cl)c1[N+](=O)[O-]. The topological polar surface area (TPSA) is 98.3 Å². The molecule has 0 saturated heterocycles. The van der Waals surface area contributed by atoms with Crippen molar-refractivity contribution in [1.82, 2.24) is 0 Å². The van der Waals surface area contributed by atoms with Crippen LogP contribution in [0.15, 0.2) is 18.7 Å². The normalized spacial score (nSPS) is 11.0. The second-order valence-corrected chi connectivity index (χ2v) is 4.04. The highest BCUT2D eigenvalue weighted by atomic mass is 35.5. The summed E-state index contributed by atoms with van der Waals surface area (Å²) in [7, 11) is 0. The summed E-state index contributed by atoms with van der Waals surface area (Å²) in [6.07, 6.45) is -3.84. The molecule has 0 fully saturated rings. The molecule has 0 aliphatic heterocycles. The van der Waals surface area contributed by atoms with Gasteiger partial charge in [0.1, 0.15) is 5.02 Å². The highest BCUT2D eigenvalue weighted by molar-refractivity contribution is 6.34. The van der Waals surface area contributed by atoms with Crippen LogP contribution in [0.1, 0.15) is 5.56 Å². The van der Waals surface area contributed by atoms with Gasteiger partial charge in [-0.05, 0) is 0 Å². The van der Waals surface area contributed by atoms with E-state index < -0.39 is 43.7 Å². The van der Waals surface area contributed by atoms with Crippen LogP contribution in [0.2, 0.25) is 5.02 Å². The van der Waals surface area contributed by atoms with E-state index in [-0.39, 0.29) is 12.6 Å². The predicted octanol–water partition coefficient (Wildman–Crippen LogP) is 3.77. The number of nitro benzene ring substituents is 2. The minimum Gasteiger partial charge on any atom is -0.370 e. The average Bonchev–Trinajstić information content (AvgIpc) is 2.33. The van der Waals surface area contributed by atoms with Gasteiger partial charge in [-0.25, -0.2) is 0 Å². The van der Waals surface area contributed by atoms with Crippen LogP contribution >= 0.6 is 11.6 Å². The first-order valence-electron chi connectivity index (χ1n) is 5.18. The van der Waals surface area contributed by atoms with E-state index in [1.54, 1.807) is 0 Å². The van der Waals surface area contributed by atoms with Gasteiger partial charge in [-0.15, -0.1) is 6.58 Å². The largest absolute Gasteiger partial charge is 0.418 e. The van der Waals surface area contributed by atoms with Gasteiger partial charge in [0.2, 0.25) is 0 Å². The van der Waals surface area contributed by atoms with Gasteiger partial charge in [0, 0.05) is 12.6 Å². The summed E-state index contributed by atoms with van der Waals surface area (Å²) in [5.41, 5.74) is -4.66. The van der Waals surface area contributed by atoms with E-state index in [1.807, 2.05) is 0 Å². The Morgan fingerprint density at radius 3 is 2.29 bits per heavy atom. The summed E-state index contributed by atoms with van der Waals surface area (Å²) in [6.45, 7) is 3.15. The molecule has 0 aliphatic rings. The maximum absolute atomic E-state index is 12.8. The lowest BCUT2D eigenvalue weighted by molar-refractivity contribution is -0.392. The van der Waals surface area contributed by atoms with Crippen LogP contribution < -0.4 is 5.32 Å². The van der Waals surface area contributed by atoms with Gasteiger partial charge in [-0.2, -0.15) is 13.2 Å². The Morgan fingerprint density at radius 1 is 1.33 bits per heavy atom. The fourth-order valence-corrected chi connectivity index (χ4v) is 1.83. The lowest BCUT2D eigenvalue weighted by Gasteiger charge is -2.12. The van der Waals surface area contributed by atoms with E-state index in [1.165, 1.54) is 6.08 Å². The van der Waals surface area contributed by atoms with E-state index in [9.17, 15) is 33.4 Å². The monoisotopic (exact) mass is 325 g/mol. The maximum Gasteiger partial charge on any atom is 0.418 e. The molecule has 0 spiro atoms. The molecular formula is C10H7ClF3N3O4. The maximum atomic E-state index is 12.8. The van der Waals surface area contributed by atoms with Crippen LogP contribution in [0.25, 0.3) is 0 Å². The van der Waals surface area contributed by atoms with Crippen molar-refractivity contribution in [2.24, 2.45) is 0 Å². The number of hydrogen-bond donors (Lipinski definition) is 1. The van der Waals surface area contributed by atoms with Crippen LogP contribution in [0, 0.1) is 20.2 Å². The zero-order valence-electron chi connectivity index (χ0n) is 10.1. The Hall–Kier alpha value is -2.36. The zero-order valence-corrected chi connectivity index (χ0v) is 10.9. The zero-order chi connectivity index (χ0) is 16.4. The van der Waals surface area contributed by atoms with Crippen LogP contribution in [0.4, 0.5) is 30.2 Å². The molecule has 1 aromatic carbocycles. The molecule has 7 nitrogen and oxygen atoms in total. The Kier molecular flexibility index (Phi) is 4.73. The van der Waals surface area contributed by atoms with E-state index in [0.717, 1.165) is 0 Å². The Bertz CT molecular complexity index is 619. The second-order valence-electron chi connectivity index (χ2n) is 3.66. The highest BCUT2D eigenvalue weighted by Crippen LogP contribution is 2.47. The number of rotatable bonds is 5. The Morgan fingerprint density at radius 2 is 1.90 bits per heavy atom. The van der Waals surface area contributed by atoms with E-state index in [0.29, 0.717) is 0 Å². The lowest BCUT2D eigenvalue weighted by atomic mass is 10.1. The minimum absolute atomic E-state index is 0.136. The number of benzene rings is 1. The van der Waals surface area contributed by atoms with Gasteiger partial charge in [0.25, 0.3) is 5.69 Å².